The van der Waals surface area contributed by atoms with Gasteiger partial charge in [-0.3, -0.25) is 0 Å². The molecule has 0 aromatic carbocycles. The molecule has 0 spiro atoms. The average Bonchev–Trinajstić information content (AvgIpc) is 2.93. The second kappa shape index (κ2) is 40.7. The molecular weight excluding hydrogens is 562 g/mol. The maximum atomic E-state index is 10.2. The fourth-order valence-electron chi connectivity index (χ4n) is 4.20. The van der Waals surface area contributed by atoms with E-state index in [-0.39, 0.29) is 32.3 Å². The number of carboxylic acid groups (broad SMARTS) is 2. The normalized spacial score (nSPS) is 11.4. The van der Waals surface area contributed by atoms with Gasteiger partial charge in [-0.2, -0.15) is 0 Å². The molecule has 232 valence electrons. The average molecular weight is 624 g/mol. The second-order valence-corrected chi connectivity index (χ2v) is 10.8. The summed E-state index contributed by atoms with van der Waals surface area (Å²) in [7, 11) is 0. The third-order valence-corrected chi connectivity index (χ3v) is 6.72. The summed E-state index contributed by atoms with van der Waals surface area (Å²) in [6.07, 6.45) is 43.9. The van der Waals surface area contributed by atoms with E-state index in [2.05, 4.69) is 62.5 Å². The molecule has 0 aliphatic rings. The molecular formula is C36H62O4Zn. The van der Waals surface area contributed by atoms with E-state index in [9.17, 15) is 19.8 Å². The predicted molar refractivity (Wildman–Crippen MR) is 169 cm³/mol. The third kappa shape index (κ3) is 48.6. The van der Waals surface area contributed by atoms with Crippen molar-refractivity contribution in [2.45, 2.75) is 168 Å². The summed E-state index contributed by atoms with van der Waals surface area (Å²) in [6, 6.07) is 0. The molecule has 0 N–H and O–H groups in total. The van der Waals surface area contributed by atoms with Crippen molar-refractivity contribution in [1.29, 1.82) is 0 Å². The maximum absolute atomic E-state index is 10.2. The number of unbranched alkanes of at least 4 members (excludes halogenated alkanes) is 18. The minimum absolute atomic E-state index is 0. The first kappa shape index (κ1) is 44.0. The van der Waals surface area contributed by atoms with E-state index in [4.69, 9.17) is 0 Å². The summed E-state index contributed by atoms with van der Waals surface area (Å²) in [5.41, 5.74) is 0. The summed E-state index contributed by atoms with van der Waals surface area (Å²) >= 11 is 0. The van der Waals surface area contributed by atoms with E-state index in [1.54, 1.807) is 0 Å². The first-order chi connectivity index (χ1) is 19.5. The van der Waals surface area contributed by atoms with Crippen LogP contribution in [0.1, 0.15) is 168 Å². The van der Waals surface area contributed by atoms with Crippen LogP contribution in [0.3, 0.4) is 0 Å². The summed E-state index contributed by atoms with van der Waals surface area (Å²) in [4.78, 5) is 20.4. The Labute approximate surface area is 267 Å². The largest absolute Gasteiger partial charge is 2.00 e. The van der Waals surface area contributed by atoms with Crippen molar-refractivity contribution in [3.63, 3.8) is 0 Å². The van der Waals surface area contributed by atoms with E-state index in [0.29, 0.717) is 0 Å². The van der Waals surface area contributed by atoms with E-state index in [1.165, 1.54) is 89.9 Å². The Morgan fingerprint density at radius 3 is 0.927 bits per heavy atom. The quantitative estimate of drug-likeness (QED) is 0.0494. The Hall–Kier alpha value is -1.48. The van der Waals surface area contributed by atoms with Crippen LogP contribution in [0, 0.1) is 0 Å². The van der Waals surface area contributed by atoms with Crippen LogP contribution >= 0.6 is 0 Å². The number of carbonyl (C=O) groups is 2. The Morgan fingerprint density at radius 1 is 0.415 bits per heavy atom. The summed E-state index contributed by atoms with van der Waals surface area (Å²) < 4.78 is 0. The zero-order valence-corrected chi connectivity index (χ0v) is 29.9. The molecule has 0 aliphatic heterocycles. The molecule has 4 nitrogen and oxygen atoms in total. The Balaban J connectivity index is -0.000000688. The van der Waals surface area contributed by atoms with Gasteiger partial charge in [-0.15, -0.1) is 0 Å². The maximum Gasteiger partial charge on any atom is 2.00 e. The van der Waals surface area contributed by atoms with E-state index in [0.717, 1.165) is 51.4 Å². The van der Waals surface area contributed by atoms with E-state index in [1.807, 2.05) is 0 Å². The molecule has 5 heteroatoms. The van der Waals surface area contributed by atoms with E-state index < -0.39 is 11.9 Å². The van der Waals surface area contributed by atoms with Gasteiger partial charge >= 0.3 is 19.5 Å². The first-order valence-corrected chi connectivity index (χ1v) is 16.6. The molecule has 0 aromatic rings. The Bertz CT molecular complexity index is 596. The van der Waals surface area contributed by atoms with Crippen molar-refractivity contribution in [2.75, 3.05) is 0 Å². The molecule has 0 fully saturated rings. The van der Waals surface area contributed by atoms with Crippen LogP contribution in [0.5, 0.6) is 0 Å². The monoisotopic (exact) mass is 622 g/mol. The standard InChI is InChI=1S/2C18H32O2.Zn/c2*1-2-3-4-5-6-7-8-9-10-11-12-13-14-15-16-17-18(19)20;/h2*7-10H,2-6,11-17H2,1H3,(H,19,20);/q;;+2/p-2/b2*8-7+,10-9-;. The van der Waals surface area contributed by atoms with Gasteiger partial charge in [-0.25, -0.2) is 0 Å². The molecule has 0 heterocycles. The van der Waals surface area contributed by atoms with Crippen molar-refractivity contribution >= 4 is 11.9 Å². The zero-order valence-electron chi connectivity index (χ0n) is 26.9. The number of rotatable bonds is 28. The first-order valence-electron chi connectivity index (χ1n) is 16.6. The molecule has 0 radical (unpaired) electrons. The van der Waals surface area contributed by atoms with Gasteiger partial charge in [0.2, 0.25) is 0 Å². The molecule has 0 bridgehead atoms. The Morgan fingerprint density at radius 2 is 0.659 bits per heavy atom. The predicted octanol–water partition coefficient (Wildman–Crippen LogP) is 9.10. The fraction of sp³-hybridized carbons (Fsp3) is 0.722. The van der Waals surface area contributed by atoms with Crippen LogP contribution in [-0.4, -0.2) is 11.9 Å². The number of allylic oxidation sites excluding steroid dienone is 8. The topological polar surface area (TPSA) is 80.3 Å². The van der Waals surface area contributed by atoms with Gasteiger partial charge in [0.1, 0.15) is 0 Å². The van der Waals surface area contributed by atoms with Gasteiger partial charge in [0.05, 0.1) is 0 Å². The zero-order chi connectivity index (χ0) is 29.8. The van der Waals surface area contributed by atoms with Crippen molar-refractivity contribution < 1.29 is 39.3 Å². The van der Waals surface area contributed by atoms with Gasteiger partial charge in [0, 0.05) is 11.9 Å². The van der Waals surface area contributed by atoms with Crippen LogP contribution < -0.4 is 10.2 Å². The molecule has 0 aliphatic carbocycles. The number of hydrogen-bond acceptors (Lipinski definition) is 4. The number of carbonyl (C=O) groups excluding carboxylic acids is 2. The van der Waals surface area contributed by atoms with Crippen LogP contribution in [0.25, 0.3) is 0 Å². The van der Waals surface area contributed by atoms with Crippen LogP contribution in [0.15, 0.2) is 48.6 Å². The van der Waals surface area contributed by atoms with Gasteiger partial charge in [-0.05, 0) is 77.0 Å². The van der Waals surface area contributed by atoms with Crippen LogP contribution in [0.2, 0.25) is 0 Å². The SMILES string of the molecule is CCCCCC/C=C/C=C\CCCCCCCC(=O)[O-].CCCCCC/C=C/C=C\CCCCCCCC(=O)[O-].[Zn+2]. The molecule has 0 atom stereocenters. The minimum Gasteiger partial charge on any atom is -0.550 e. The molecule has 0 rings (SSSR count). The fourth-order valence-corrected chi connectivity index (χ4v) is 4.20. The number of hydrogen-bond donors (Lipinski definition) is 0. The van der Waals surface area contributed by atoms with Crippen molar-refractivity contribution in [3.8, 4) is 0 Å². The number of aliphatic carboxylic acids is 2. The van der Waals surface area contributed by atoms with E-state index >= 15 is 0 Å². The molecule has 41 heavy (non-hydrogen) atoms. The van der Waals surface area contributed by atoms with Crippen LogP contribution in [-0.2, 0) is 29.1 Å². The molecule has 0 amide bonds. The third-order valence-electron chi connectivity index (χ3n) is 6.72. The van der Waals surface area contributed by atoms with Crippen molar-refractivity contribution in [3.05, 3.63) is 48.6 Å². The smallest absolute Gasteiger partial charge is 0.550 e. The summed E-state index contributed by atoms with van der Waals surface area (Å²) in [6.45, 7) is 4.48. The Kier molecular flexibility index (Phi) is 43.6. The summed E-state index contributed by atoms with van der Waals surface area (Å²) in [5.74, 6) is -1.84. The number of carboxylic acids is 2. The van der Waals surface area contributed by atoms with Gasteiger partial charge < -0.3 is 19.8 Å². The molecule has 0 saturated heterocycles. The van der Waals surface area contributed by atoms with Gasteiger partial charge in [0.15, 0.2) is 0 Å². The van der Waals surface area contributed by atoms with Crippen molar-refractivity contribution in [2.24, 2.45) is 0 Å². The van der Waals surface area contributed by atoms with Gasteiger partial charge in [0.25, 0.3) is 0 Å². The molecule has 0 aromatic heterocycles. The molecule has 0 saturated carbocycles. The summed E-state index contributed by atoms with van der Waals surface area (Å²) in [5, 5.41) is 20.4. The minimum atomic E-state index is -0.922. The second-order valence-electron chi connectivity index (χ2n) is 10.8. The van der Waals surface area contributed by atoms with Gasteiger partial charge in [-0.1, -0.05) is 140 Å². The molecule has 0 unspecified atom stereocenters. The van der Waals surface area contributed by atoms with Crippen LogP contribution in [0.4, 0.5) is 0 Å². The van der Waals surface area contributed by atoms with Crippen molar-refractivity contribution in [1.82, 2.24) is 0 Å².